The van der Waals surface area contributed by atoms with Crippen LogP contribution in [0.5, 0.6) is 0 Å². The lowest BCUT2D eigenvalue weighted by atomic mass is 10.1. The third-order valence-electron chi connectivity index (χ3n) is 3.80. The van der Waals surface area contributed by atoms with Crippen LogP contribution in [0.15, 0.2) is 0 Å². The molecule has 2 N–H and O–H groups in total. The van der Waals surface area contributed by atoms with Gasteiger partial charge in [-0.2, -0.15) is 0 Å². The summed E-state index contributed by atoms with van der Waals surface area (Å²) in [5.41, 5.74) is 0. The van der Waals surface area contributed by atoms with E-state index in [9.17, 15) is 0 Å². The minimum absolute atomic E-state index is 0.428. The van der Waals surface area contributed by atoms with Crippen molar-refractivity contribution in [1.82, 2.24) is 10.6 Å². The monoisotopic (exact) mass is 212 g/mol. The summed E-state index contributed by atoms with van der Waals surface area (Å²) in [5.74, 6) is 1.88. The minimum atomic E-state index is 0.428. The standard InChI is InChI=1S/C12H24N2O/c1-9(10-3-4-10)6-13-7-11-5-12(15-2)8-14-11/h9-14H,3-8H2,1-2H3. The maximum atomic E-state index is 5.33. The summed E-state index contributed by atoms with van der Waals surface area (Å²) < 4.78 is 5.33. The zero-order valence-electron chi connectivity index (χ0n) is 9.96. The van der Waals surface area contributed by atoms with Gasteiger partial charge in [0.2, 0.25) is 0 Å². The molecule has 3 atom stereocenters. The summed E-state index contributed by atoms with van der Waals surface area (Å²) >= 11 is 0. The van der Waals surface area contributed by atoms with Crippen molar-refractivity contribution < 1.29 is 4.74 Å². The third-order valence-corrected chi connectivity index (χ3v) is 3.80. The Morgan fingerprint density at radius 2 is 2.27 bits per heavy atom. The van der Waals surface area contributed by atoms with Crippen molar-refractivity contribution in [2.24, 2.45) is 11.8 Å². The second-order valence-corrected chi connectivity index (χ2v) is 5.17. The first kappa shape index (κ1) is 11.4. The molecule has 0 bridgehead atoms. The van der Waals surface area contributed by atoms with E-state index in [0.717, 1.165) is 31.3 Å². The maximum absolute atomic E-state index is 5.33. The Labute approximate surface area is 93.0 Å². The molecule has 88 valence electrons. The van der Waals surface area contributed by atoms with E-state index in [-0.39, 0.29) is 0 Å². The number of nitrogens with one attached hydrogen (secondary N) is 2. The summed E-state index contributed by atoms with van der Waals surface area (Å²) in [6.07, 6.45) is 4.49. The molecule has 1 heterocycles. The average Bonchev–Trinajstić information content (AvgIpc) is 2.99. The zero-order valence-corrected chi connectivity index (χ0v) is 9.96. The van der Waals surface area contributed by atoms with Crippen LogP contribution in [-0.2, 0) is 4.74 Å². The predicted molar refractivity (Wildman–Crippen MR) is 62.0 cm³/mol. The topological polar surface area (TPSA) is 33.3 Å². The van der Waals surface area contributed by atoms with Gasteiger partial charge in [0.25, 0.3) is 0 Å². The molecule has 3 unspecified atom stereocenters. The van der Waals surface area contributed by atoms with Crippen molar-refractivity contribution in [2.45, 2.75) is 38.3 Å². The van der Waals surface area contributed by atoms with Crippen LogP contribution in [-0.4, -0.2) is 38.9 Å². The van der Waals surface area contributed by atoms with E-state index < -0.39 is 0 Å². The molecule has 3 heteroatoms. The van der Waals surface area contributed by atoms with Gasteiger partial charge < -0.3 is 15.4 Å². The van der Waals surface area contributed by atoms with Crippen molar-refractivity contribution in [1.29, 1.82) is 0 Å². The highest BCUT2D eigenvalue weighted by molar-refractivity contribution is 4.85. The van der Waals surface area contributed by atoms with Gasteiger partial charge in [0.05, 0.1) is 6.10 Å². The van der Waals surface area contributed by atoms with E-state index in [1.807, 2.05) is 0 Å². The molecule has 0 spiro atoms. The van der Waals surface area contributed by atoms with E-state index >= 15 is 0 Å². The Balaban J connectivity index is 1.54. The highest BCUT2D eigenvalue weighted by Crippen LogP contribution is 2.36. The van der Waals surface area contributed by atoms with Gasteiger partial charge in [0, 0.05) is 26.2 Å². The zero-order chi connectivity index (χ0) is 10.7. The van der Waals surface area contributed by atoms with Crippen molar-refractivity contribution in [3.63, 3.8) is 0 Å². The molecular weight excluding hydrogens is 188 g/mol. The molecule has 1 saturated heterocycles. The fraction of sp³-hybridized carbons (Fsp3) is 1.00. The van der Waals surface area contributed by atoms with Gasteiger partial charge in [-0.25, -0.2) is 0 Å². The molecule has 2 rings (SSSR count). The molecule has 0 aromatic heterocycles. The van der Waals surface area contributed by atoms with Crippen LogP contribution in [0, 0.1) is 11.8 Å². The van der Waals surface area contributed by atoms with Crippen LogP contribution < -0.4 is 10.6 Å². The lowest BCUT2D eigenvalue weighted by Crippen LogP contribution is -2.36. The number of methoxy groups -OCH3 is 1. The fourth-order valence-corrected chi connectivity index (χ4v) is 2.43. The quantitative estimate of drug-likeness (QED) is 0.689. The van der Waals surface area contributed by atoms with E-state index in [1.165, 1.54) is 19.4 Å². The second-order valence-electron chi connectivity index (χ2n) is 5.17. The van der Waals surface area contributed by atoms with Gasteiger partial charge in [-0.05, 0) is 37.6 Å². The minimum Gasteiger partial charge on any atom is -0.380 e. The van der Waals surface area contributed by atoms with Gasteiger partial charge >= 0.3 is 0 Å². The van der Waals surface area contributed by atoms with Gasteiger partial charge in [-0.15, -0.1) is 0 Å². The predicted octanol–water partition coefficient (Wildman–Crippen LogP) is 0.999. The smallest absolute Gasteiger partial charge is 0.0711 e. The first-order valence-corrected chi connectivity index (χ1v) is 6.26. The van der Waals surface area contributed by atoms with Gasteiger partial charge in [0.15, 0.2) is 0 Å². The van der Waals surface area contributed by atoms with Gasteiger partial charge in [-0.1, -0.05) is 6.92 Å². The Morgan fingerprint density at radius 3 is 2.87 bits per heavy atom. The second kappa shape index (κ2) is 5.28. The van der Waals surface area contributed by atoms with Crippen LogP contribution in [0.3, 0.4) is 0 Å². The molecule has 0 radical (unpaired) electrons. The molecule has 1 saturated carbocycles. The number of ether oxygens (including phenoxy) is 1. The number of rotatable bonds is 6. The van der Waals surface area contributed by atoms with Crippen LogP contribution >= 0.6 is 0 Å². The van der Waals surface area contributed by atoms with E-state index in [0.29, 0.717) is 12.1 Å². The highest BCUT2D eigenvalue weighted by atomic mass is 16.5. The van der Waals surface area contributed by atoms with Crippen LogP contribution in [0.4, 0.5) is 0 Å². The Hall–Kier alpha value is -0.120. The van der Waals surface area contributed by atoms with Crippen LogP contribution in [0.25, 0.3) is 0 Å². The maximum Gasteiger partial charge on any atom is 0.0711 e. The first-order valence-electron chi connectivity index (χ1n) is 6.26. The Kier molecular flexibility index (Phi) is 4.00. The molecule has 0 aromatic carbocycles. The summed E-state index contributed by atoms with van der Waals surface area (Å²) in [6.45, 7) is 5.66. The highest BCUT2D eigenvalue weighted by Gasteiger charge is 2.28. The molecule has 3 nitrogen and oxygen atoms in total. The largest absolute Gasteiger partial charge is 0.380 e. The first-order chi connectivity index (χ1) is 7.29. The van der Waals surface area contributed by atoms with Gasteiger partial charge in [-0.3, -0.25) is 0 Å². The van der Waals surface area contributed by atoms with E-state index in [2.05, 4.69) is 17.6 Å². The Morgan fingerprint density at radius 1 is 1.47 bits per heavy atom. The van der Waals surface area contributed by atoms with Crippen LogP contribution in [0.1, 0.15) is 26.2 Å². The molecule has 15 heavy (non-hydrogen) atoms. The summed E-state index contributed by atoms with van der Waals surface area (Å²) in [4.78, 5) is 0. The normalized spacial score (nSPS) is 33.2. The van der Waals surface area contributed by atoms with Crippen molar-refractivity contribution in [3.8, 4) is 0 Å². The molecule has 0 amide bonds. The van der Waals surface area contributed by atoms with Gasteiger partial charge in [0.1, 0.15) is 0 Å². The third kappa shape index (κ3) is 3.44. The summed E-state index contributed by atoms with van der Waals surface area (Å²) in [7, 11) is 1.80. The molecule has 1 aliphatic carbocycles. The number of hydrogen-bond acceptors (Lipinski definition) is 3. The molecule has 2 fully saturated rings. The fourth-order valence-electron chi connectivity index (χ4n) is 2.43. The molecule has 2 aliphatic rings. The Bertz CT molecular complexity index is 194. The SMILES string of the molecule is COC1CNC(CNCC(C)C2CC2)C1. The lowest BCUT2D eigenvalue weighted by Gasteiger charge is -2.15. The number of hydrogen-bond donors (Lipinski definition) is 2. The lowest BCUT2D eigenvalue weighted by molar-refractivity contribution is 0.117. The van der Waals surface area contributed by atoms with Crippen molar-refractivity contribution >= 4 is 0 Å². The van der Waals surface area contributed by atoms with E-state index in [4.69, 9.17) is 4.74 Å². The molecule has 0 aromatic rings. The van der Waals surface area contributed by atoms with Crippen molar-refractivity contribution in [2.75, 3.05) is 26.7 Å². The molecular formula is C12H24N2O. The van der Waals surface area contributed by atoms with Crippen LogP contribution in [0.2, 0.25) is 0 Å². The molecule has 1 aliphatic heterocycles. The summed E-state index contributed by atoms with van der Waals surface area (Å²) in [5, 5.41) is 7.06. The van der Waals surface area contributed by atoms with E-state index in [1.54, 1.807) is 7.11 Å². The van der Waals surface area contributed by atoms with Crippen molar-refractivity contribution in [3.05, 3.63) is 0 Å². The summed E-state index contributed by atoms with van der Waals surface area (Å²) in [6, 6.07) is 0.612. The average molecular weight is 212 g/mol.